The first-order valence-electron chi connectivity index (χ1n) is 7.77. The lowest BCUT2D eigenvalue weighted by molar-refractivity contribution is -0.274. The molecule has 132 valence electrons. The van der Waals surface area contributed by atoms with E-state index in [0.717, 1.165) is 5.70 Å². The zero-order chi connectivity index (χ0) is 18.0. The van der Waals surface area contributed by atoms with Crippen LogP contribution in [-0.4, -0.2) is 21.1 Å². The summed E-state index contributed by atoms with van der Waals surface area (Å²) in [5.41, 5.74) is 7.62. The SMILES string of the molecule is CC(N)c1ncn(C2=CC(c3ccccc3OC(F)(F)F)=CCC2)n1. The minimum absolute atomic E-state index is 0.228. The highest BCUT2D eigenvalue weighted by molar-refractivity contribution is 5.83. The monoisotopic (exact) mass is 350 g/mol. The molecule has 2 aromatic rings. The Morgan fingerprint density at radius 2 is 2.04 bits per heavy atom. The first-order chi connectivity index (χ1) is 11.8. The number of hydrogen-bond acceptors (Lipinski definition) is 4. The molecule has 5 nitrogen and oxygen atoms in total. The third-order valence-electron chi connectivity index (χ3n) is 3.72. The van der Waals surface area contributed by atoms with Gasteiger partial charge in [0.2, 0.25) is 0 Å². The van der Waals surface area contributed by atoms with Crippen molar-refractivity contribution in [2.75, 3.05) is 0 Å². The quantitative estimate of drug-likeness (QED) is 0.908. The summed E-state index contributed by atoms with van der Waals surface area (Å²) in [6.07, 6.45) is 1.87. The first kappa shape index (κ1) is 17.2. The van der Waals surface area contributed by atoms with E-state index >= 15 is 0 Å². The van der Waals surface area contributed by atoms with E-state index in [-0.39, 0.29) is 11.8 Å². The number of halogens is 3. The molecule has 1 aromatic heterocycles. The van der Waals surface area contributed by atoms with Crippen LogP contribution < -0.4 is 10.5 Å². The summed E-state index contributed by atoms with van der Waals surface area (Å²) in [7, 11) is 0. The van der Waals surface area contributed by atoms with Gasteiger partial charge in [0, 0.05) is 11.3 Å². The predicted octanol–water partition coefficient (Wildman–Crippen LogP) is 3.91. The largest absolute Gasteiger partial charge is 0.573 e. The maximum atomic E-state index is 12.6. The Balaban J connectivity index is 1.93. The van der Waals surface area contributed by atoms with Crippen LogP contribution in [0, 0.1) is 0 Å². The van der Waals surface area contributed by atoms with Gasteiger partial charge in [-0.2, -0.15) is 0 Å². The Bertz CT molecular complexity index is 821. The highest BCUT2D eigenvalue weighted by Crippen LogP contribution is 2.35. The number of hydrogen-bond donors (Lipinski definition) is 1. The molecular formula is C17H17F3N4O. The molecule has 1 atom stereocenters. The van der Waals surface area contributed by atoms with E-state index in [1.807, 2.05) is 6.08 Å². The van der Waals surface area contributed by atoms with Crippen molar-refractivity contribution in [1.29, 1.82) is 0 Å². The van der Waals surface area contributed by atoms with Gasteiger partial charge >= 0.3 is 6.36 Å². The van der Waals surface area contributed by atoms with Crippen molar-refractivity contribution in [1.82, 2.24) is 14.8 Å². The van der Waals surface area contributed by atoms with Crippen LogP contribution in [0.2, 0.25) is 0 Å². The Labute approximate surface area is 142 Å². The van der Waals surface area contributed by atoms with Crippen LogP contribution in [0.3, 0.4) is 0 Å². The zero-order valence-electron chi connectivity index (χ0n) is 13.5. The molecule has 0 radical (unpaired) electrons. The zero-order valence-corrected chi connectivity index (χ0v) is 13.5. The van der Waals surface area contributed by atoms with Crippen LogP contribution in [0.5, 0.6) is 5.75 Å². The van der Waals surface area contributed by atoms with Crippen LogP contribution in [-0.2, 0) is 0 Å². The Morgan fingerprint density at radius 1 is 1.28 bits per heavy atom. The summed E-state index contributed by atoms with van der Waals surface area (Å²) in [6, 6.07) is 5.79. The second-order valence-electron chi connectivity index (χ2n) is 5.71. The second kappa shape index (κ2) is 6.72. The average Bonchev–Trinajstić information content (AvgIpc) is 3.04. The molecule has 0 saturated carbocycles. The molecule has 0 bridgehead atoms. The molecule has 1 aromatic carbocycles. The van der Waals surface area contributed by atoms with Gasteiger partial charge < -0.3 is 10.5 Å². The maximum absolute atomic E-state index is 12.6. The number of alkyl halides is 3. The van der Waals surface area contributed by atoms with Crippen molar-refractivity contribution in [3.63, 3.8) is 0 Å². The minimum atomic E-state index is -4.74. The van der Waals surface area contributed by atoms with Gasteiger partial charge in [0.05, 0.1) is 6.04 Å². The Kier molecular flexibility index (Phi) is 4.63. The summed E-state index contributed by atoms with van der Waals surface area (Å²) < 4.78 is 43.6. The summed E-state index contributed by atoms with van der Waals surface area (Å²) in [5, 5.41) is 4.32. The van der Waals surface area contributed by atoms with Crippen molar-refractivity contribution >= 4 is 11.3 Å². The summed E-state index contributed by atoms with van der Waals surface area (Å²) >= 11 is 0. The fourth-order valence-corrected chi connectivity index (χ4v) is 2.60. The smallest absolute Gasteiger partial charge is 0.405 e. The predicted molar refractivity (Wildman–Crippen MR) is 87.2 cm³/mol. The van der Waals surface area contributed by atoms with Gasteiger partial charge in [0.15, 0.2) is 5.82 Å². The molecule has 1 unspecified atom stereocenters. The molecule has 8 heteroatoms. The number of ether oxygens (including phenoxy) is 1. The van der Waals surface area contributed by atoms with E-state index in [1.54, 1.807) is 36.1 Å². The van der Waals surface area contributed by atoms with Gasteiger partial charge in [-0.05, 0) is 37.5 Å². The molecule has 1 heterocycles. The summed E-state index contributed by atoms with van der Waals surface area (Å²) in [5.74, 6) is 0.284. The number of para-hydroxylation sites is 1. The molecule has 1 aliphatic rings. The number of rotatable bonds is 4. The van der Waals surface area contributed by atoms with Crippen molar-refractivity contribution < 1.29 is 17.9 Å². The number of aromatic nitrogens is 3. The average molecular weight is 350 g/mol. The fraction of sp³-hybridized carbons (Fsp3) is 0.294. The summed E-state index contributed by atoms with van der Waals surface area (Å²) in [6.45, 7) is 1.78. The number of allylic oxidation sites excluding steroid dienone is 4. The standard InChI is InChI=1S/C17H17F3N4O/c1-11(21)16-22-10-24(23-16)13-6-4-5-12(9-13)14-7-2-3-8-15(14)25-17(18,19)20/h2-3,5,7-11H,4,6,21H2,1H3. The molecule has 0 saturated heterocycles. The lowest BCUT2D eigenvalue weighted by Gasteiger charge is -2.17. The molecule has 0 fully saturated rings. The molecule has 2 N–H and O–H groups in total. The van der Waals surface area contributed by atoms with Crippen LogP contribution >= 0.6 is 0 Å². The molecule has 0 amide bonds. The van der Waals surface area contributed by atoms with E-state index < -0.39 is 6.36 Å². The Hall–Kier alpha value is -2.61. The van der Waals surface area contributed by atoms with Gasteiger partial charge in [0.25, 0.3) is 0 Å². The molecule has 0 aliphatic heterocycles. The van der Waals surface area contributed by atoms with E-state index in [0.29, 0.717) is 29.8 Å². The first-order valence-corrected chi connectivity index (χ1v) is 7.77. The third-order valence-corrected chi connectivity index (χ3v) is 3.72. The normalized spacial score (nSPS) is 16.2. The van der Waals surface area contributed by atoms with E-state index in [4.69, 9.17) is 5.73 Å². The number of nitrogens with two attached hydrogens (primary N) is 1. The highest BCUT2D eigenvalue weighted by Gasteiger charge is 2.32. The van der Waals surface area contributed by atoms with Gasteiger partial charge in [-0.3, -0.25) is 0 Å². The van der Waals surface area contributed by atoms with E-state index in [2.05, 4.69) is 14.8 Å². The van der Waals surface area contributed by atoms with Crippen molar-refractivity contribution in [3.8, 4) is 5.75 Å². The van der Waals surface area contributed by atoms with Crippen LogP contribution in [0.1, 0.15) is 37.2 Å². The van der Waals surface area contributed by atoms with Gasteiger partial charge in [-0.1, -0.05) is 24.3 Å². The molecule has 3 rings (SSSR count). The summed E-state index contributed by atoms with van der Waals surface area (Å²) in [4.78, 5) is 4.15. The molecular weight excluding hydrogens is 333 g/mol. The van der Waals surface area contributed by atoms with Gasteiger partial charge in [-0.15, -0.1) is 18.3 Å². The van der Waals surface area contributed by atoms with Crippen molar-refractivity contribution in [2.24, 2.45) is 5.73 Å². The minimum Gasteiger partial charge on any atom is -0.405 e. The maximum Gasteiger partial charge on any atom is 0.573 e. The molecule has 1 aliphatic carbocycles. The van der Waals surface area contributed by atoms with E-state index in [1.165, 1.54) is 12.1 Å². The van der Waals surface area contributed by atoms with Crippen molar-refractivity contribution in [2.45, 2.75) is 32.2 Å². The number of nitrogens with zero attached hydrogens (tertiary/aromatic N) is 3. The van der Waals surface area contributed by atoms with Crippen molar-refractivity contribution in [3.05, 3.63) is 54.1 Å². The van der Waals surface area contributed by atoms with Crippen LogP contribution in [0.25, 0.3) is 11.3 Å². The Morgan fingerprint density at radius 3 is 2.72 bits per heavy atom. The van der Waals surface area contributed by atoms with E-state index in [9.17, 15) is 13.2 Å². The molecule has 0 spiro atoms. The third kappa shape index (κ3) is 4.08. The van der Waals surface area contributed by atoms with Crippen LogP contribution in [0.15, 0.2) is 42.7 Å². The fourth-order valence-electron chi connectivity index (χ4n) is 2.60. The topological polar surface area (TPSA) is 66.0 Å². The number of benzene rings is 1. The van der Waals surface area contributed by atoms with Crippen LogP contribution in [0.4, 0.5) is 13.2 Å². The van der Waals surface area contributed by atoms with Gasteiger partial charge in [-0.25, -0.2) is 9.67 Å². The lowest BCUT2D eigenvalue weighted by atomic mass is 9.97. The second-order valence-corrected chi connectivity index (χ2v) is 5.71. The highest BCUT2D eigenvalue weighted by atomic mass is 19.4. The molecule has 25 heavy (non-hydrogen) atoms. The lowest BCUT2D eigenvalue weighted by Crippen LogP contribution is -2.18. The van der Waals surface area contributed by atoms with Gasteiger partial charge in [0.1, 0.15) is 12.1 Å².